The van der Waals surface area contributed by atoms with Crippen LogP contribution in [0.1, 0.15) is 25.8 Å². The highest BCUT2D eigenvalue weighted by Crippen LogP contribution is 2.20. The van der Waals surface area contributed by atoms with Crippen molar-refractivity contribution in [1.82, 2.24) is 5.32 Å². The molecule has 1 amide bonds. The van der Waals surface area contributed by atoms with E-state index in [2.05, 4.69) is 5.32 Å². The molecule has 0 bridgehead atoms. The highest BCUT2D eigenvalue weighted by Gasteiger charge is 2.21. The number of ether oxygens (including phenoxy) is 1. The van der Waals surface area contributed by atoms with Crippen molar-refractivity contribution in [3.63, 3.8) is 0 Å². The van der Waals surface area contributed by atoms with E-state index >= 15 is 0 Å². The summed E-state index contributed by atoms with van der Waals surface area (Å²) in [7, 11) is 1.42. The first-order chi connectivity index (χ1) is 9.83. The normalized spacial score (nSPS) is 12.0. The third-order valence-corrected chi connectivity index (χ3v) is 2.93. The highest BCUT2D eigenvalue weighted by atomic mass is 19.1. The van der Waals surface area contributed by atoms with Crippen LogP contribution in [-0.4, -0.2) is 30.1 Å². The summed E-state index contributed by atoms with van der Waals surface area (Å²) in [4.78, 5) is 23.0. The van der Waals surface area contributed by atoms with E-state index in [0.29, 0.717) is 17.7 Å². The number of carbonyl (C=O) groups excluding carboxylic acids is 1. The number of amides is 1. The lowest BCUT2D eigenvalue weighted by Crippen LogP contribution is -2.42. The molecule has 21 heavy (non-hydrogen) atoms. The van der Waals surface area contributed by atoms with Crippen LogP contribution in [0.25, 0.3) is 0 Å². The first-order valence-electron chi connectivity index (χ1n) is 6.68. The van der Waals surface area contributed by atoms with Gasteiger partial charge in [0.1, 0.15) is 17.6 Å². The molecule has 1 atom stereocenters. The Bertz CT molecular complexity index is 516. The second kappa shape index (κ2) is 7.61. The van der Waals surface area contributed by atoms with Gasteiger partial charge in [0.05, 0.1) is 13.5 Å². The molecule has 1 rings (SSSR count). The number of carboxylic acids is 1. The van der Waals surface area contributed by atoms with Crippen molar-refractivity contribution >= 4 is 11.9 Å². The molecule has 0 fully saturated rings. The summed E-state index contributed by atoms with van der Waals surface area (Å²) in [6.45, 7) is 3.75. The Balaban J connectivity index is 2.76. The fourth-order valence-corrected chi connectivity index (χ4v) is 2.00. The molecule has 6 heteroatoms. The van der Waals surface area contributed by atoms with Crippen LogP contribution in [0.5, 0.6) is 5.75 Å². The van der Waals surface area contributed by atoms with Gasteiger partial charge in [0.15, 0.2) is 0 Å². The number of rotatable bonds is 7. The van der Waals surface area contributed by atoms with E-state index in [4.69, 9.17) is 9.84 Å². The largest absolute Gasteiger partial charge is 0.496 e. The number of methoxy groups -OCH3 is 1. The molecule has 2 N–H and O–H groups in total. The van der Waals surface area contributed by atoms with Gasteiger partial charge < -0.3 is 15.2 Å². The Hall–Kier alpha value is -2.11. The molecule has 0 saturated carbocycles. The molecule has 0 aromatic heterocycles. The molecule has 0 spiro atoms. The van der Waals surface area contributed by atoms with Crippen molar-refractivity contribution in [2.75, 3.05) is 7.11 Å². The topological polar surface area (TPSA) is 75.6 Å². The number of carboxylic acid groups (broad SMARTS) is 1. The van der Waals surface area contributed by atoms with Gasteiger partial charge in [0.25, 0.3) is 0 Å². The highest BCUT2D eigenvalue weighted by molar-refractivity contribution is 5.85. The van der Waals surface area contributed by atoms with Crippen LogP contribution in [0.2, 0.25) is 0 Å². The average Bonchev–Trinajstić information content (AvgIpc) is 2.37. The van der Waals surface area contributed by atoms with E-state index < -0.39 is 23.7 Å². The maximum absolute atomic E-state index is 13.2. The third kappa shape index (κ3) is 5.41. The fourth-order valence-electron chi connectivity index (χ4n) is 2.00. The molecule has 0 aliphatic heterocycles. The first kappa shape index (κ1) is 16.9. The van der Waals surface area contributed by atoms with Gasteiger partial charge in [0, 0.05) is 5.56 Å². The van der Waals surface area contributed by atoms with Gasteiger partial charge >= 0.3 is 5.97 Å². The summed E-state index contributed by atoms with van der Waals surface area (Å²) >= 11 is 0. The smallest absolute Gasteiger partial charge is 0.326 e. The molecule has 0 heterocycles. The molecule has 0 unspecified atom stereocenters. The summed E-state index contributed by atoms with van der Waals surface area (Å²) in [6.07, 6.45) is 0.199. The van der Waals surface area contributed by atoms with E-state index in [9.17, 15) is 14.0 Å². The lowest BCUT2D eigenvalue weighted by Gasteiger charge is -2.17. The maximum atomic E-state index is 13.2. The van der Waals surface area contributed by atoms with Gasteiger partial charge in [-0.25, -0.2) is 9.18 Å². The minimum atomic E-state index is -1.08. The molecular weight excluding hydrogens is 277 g/mol. The molecule has 1 aromatic carbocycles. The van der Waals surface area contributed by atoms with E-state index in [1.807, 2.05) is 13.8 Å². The standard InChI is InChI=1S/C15H20FNO4/c1-9(2)6-12(15(19)20)17-14(18)8-10-7-11(16)4-5-13(10)21-3/h4-5,7,9,12H,6,8H2,1-3H3,(H,17,18)(H,19,20)/t12-/m0/s1. The lowest BCUT2D eigenvalue weighted by molar-refractivity contribution is -0.142. The van der Waals surface area contributed by atoms with Crippen molar-refractivity contribution in [2.45, 2.75) is 32.7 Å². The molecule has 1 aromatic rings. The molecule has 0 radical (unpaired) electrons. The number of benzene rings is 1. The first-order valence-corrected chi connectivity index (χ1v) is 6.68. The number of hydrogen-bond acceptors (Lipinski definition) is 3. The zero-order valence-corrected chi connectivity index (χ0v) is 12.4. The van der Waals surface area contributed by atoms with Gasteiger partial charge in [-0.1, -0.05) is 13.8 Å². The summed E-state index contributed by atoms with van der Waals surface area (Å²) in [5, 5.41) is 11.5. The summed E-state index contributed by atoms with van der Waals surface area (Å²) in [5.41, 5.74) is 0.378. The zero-order chi connectivity index (χ0) is 16.0. The van der Waals surface area contributed by atoms with E-state index in [1.54, 1.807) is 0 Å². The number of hydrogen-bond donors (Lipinski definition) is 2. The SMILES string of the molecule is COc1ccc(F)cc1CC(=O)N[C@@H](CC(C)C)C(=O)O. The van der Waals surface area contributed by atoms with Crippen LogP contribution in [-0.2, 0) is 16.0 Å². The molecular formula is C15H20FNO4. The van der Waals surface area contributed by atoms with Gasteiger partial charge in [-0.3, -0.25) is 4.79 Å². The van der Waals surface area contributed by atoms with E-state index in [-0.39, 0.29) is 12.3 Å². The van der Waals surface area contributed by atoms with E-state index in [0.717, 1.165) is 0 Å². The molecule has 116 valence electrons. The third-order valence-electron chi connectivity index (χ3n) is 2.93. The van der Waals surface area contributed by atoms with Crippen LogP contribution in [0.4, 0.5) is 4.39 Å². The Kier molecular flexibility index (Phi) is 6.14. The summed E-state index contributed by atoms with van der Waals surface area (Å²) in [5.74, 6) is -1.51. The lowest BCUT2D eigenvalue weighted by atomic mass is 10.0. The average molecular weight is 297 g/mol. The zero-order valence-electron chi connectivity index (χ0n) is 12.4. The van der Waals surface area contributed by atoms with Crippen LogP contribution in [0, 0.1) is 11.7 Å². The summed E-state index contributed by atoms with van der Waals surface area (Å²) < 4.78 is 18.3. The predicted octanol–water partition coefficient (Wildman–Crippen LogP) is 1.99. The number of aliphatic carboxylic acids is 1. The van der Waals surface area contributed by atoms with Crippen molar-refractivity contribution < 1.29 is 23.8 Å². The van der Waals surface area contributed by atoms with Crippen LogP contribution in [0.15, 0.2) is 18.2 Å². The van der Waals surface area contributed by atoms with Crippen LogP contribution in [0.3, 0.4) is 0 Å². The molecule has 0 aliphatic rings. The van der Waals surface area contributed by atoms with Crippen LogP contribution < -0.4 is 10.1 Å². The Labute approximate surface area is 123 Å². The van der Waals surface area contributed by atoms with Crippen molar-refractivity contribution in [3.8, 4) is 5.75 Å². The number of carbonyl (C=O) groups is 2. The Morgan fingerprint density at radius 3 is 2.57 bits per heavy atom. The number of halogens is 1. The monoisotopic (exact) mass is 297 g/mol. The summed E-state index contributed by atoms with van der Waals surface area (Å²) in [6, 6.07) is 2.92. The fraction of sp³-hybridized carbons (Fsp3) is 0.467. The van der Waals surface area contributed by atoms with Gasteiger partial charge in [-0.05, 0) is 30.5 Å². The molecule has 5 nitrogen and oxygen atoms in total. The second-order valence-electron chi connectivity index (χ2n) is 5.22. The minimum absolute atomic E-state index is 0.134. The van der Waals surface area contributed by atoms with Gasteiger partial charge in [-0.2, -0.15) is 0 Å². The van der Waals surface area contributed by atoms with Gasteiger partial charge in [-0.15, -0.1) is 0 Å². The van der Waals surface area contributed by atoms with Crippen molar-refractivity contribution in [2.24, 2.45) is 5.92 Å². The second-order valence-corrected chi connectivity index (χ2v) is 5.22. The molecule has 0 aliphatic carbocycles. The molecule has 0 saturated heterocycles. The van der Waals surface area contributed by atoms with Crippen molar-refractivity contribution in [1.29, 1.82) is 0 Å². The van der Waals surface area contributed by atoms with Gasteiger partial charge in [0.2, 0.25) is 5.91 Å². The maximum Gasteiger partial charge on any atom is 0.326 e. The Morgan fingerprint density at radius 1 is 1.38 bits per heavy atom. The predicted molar refractivity (Wildman–Crippen MR) is 75.7 cm³/mol. The van der Waals surface area contributed by atoms with Crippen LogP contribution >= 0.6 is 0 Å². The van der Waals surface area contributed by atoms with E-state index in [1.165, 1.54) is 25.3 Å². The minimum Gasteiger partial charge on any atom is -0.496 e. The quantitative estimate of drug-likeness (QED) is 0.807. The Morgan fingerprint density at radius 2 is 2.05 bits per heavy atom. The van der Waals surface area contributed by atoms with Crippen molar-refractivity contribution in [3.05, 3.63) is 29.6 Å². The number of nitrogens with one attached hydrogen (secondary N) is 1.